The molecule has 2 aliphatic heterocycles. The number of benzene rings is 1. The smallest absolute Gasteiger partial charge is 0.151 e. The van der Waals surface area contributed by atoms with Gasteiger partial charge < -0.3 is 9.84 Å². The van der Waals surface area contributed by atoms with Gasteiger partial charge in [-0.3, -0.25) is 4.90 Å². The van der Waals surface area contributed by atoms with Gasteiger partial charge in [-0.2, -0.15) is 0 Å². The summed E-state index contributed by atoms with van der Waals surface area (Å²) in [5.41, 5.74) is 3.31. The first kappa shape index (κ1) is 17.5. The topological polar surface area (TPSA) is 41.3 Å². The summed E-state index contributed by atoms with van der Waals surface area (Å²) >= 11 is 0. The van der Waals surface area contributed by atoms with Crippen molar-refractivity contribution in [1.82, 2.24) is 15.4 Å². The molecule has 2 aliphatic rings. The van der Waals surface area contributed by atoms with Crippen molar-refractivity contribution >= 4 is 12.4 Å². The molecule has 0 radical (unpaired) electrons. The summed E-state index contributed by atoms with van der Waals surface area (Å²) in [7, 11) is 2.21. The lowest BCUT2D eigenvalue weighted by atomic mass is 9.98. The number of halogens is 1. The van der Waals surface area contributed by atoms with Gasteiger partial charge in [0.05, 0.1) is 6.54 Å². The summed E-state index contributed by atoms with van der Waals surface area (Å²) in [5, 5.41) is 7.95. The second-order valence-corrected chi connectivity index (χ2v) is 7.22. The first-order valence-corrected chi connectivity index (χ1v) is 8.66. The normalized spacial score (nSPS) is 25.7. The second-order valence-electron chi connectivity index (χ2n) is 7.22. The zero-order valence-corrected chi connectivity index (χ0v) is 15.2. The number of nitrogens with zero attached hydrogens (tertiary/aromatic N) is 2. The Morgan fingerprint density at radius 2 is 1.83 bits per heavy atom. The highest BCUT2D eigenvalue weighted by atomic mass is 35.5. The maximum Gasteiger partial charge on any atom is 0.151 e. The molecule has 0 aliphatic carbocycles. The van der Waals surface area contributed by atoms with E-state index >= 15 is 0 Å². The van der Waals surface area contributed by atoms with E-state index < -0.39 is 0 Å². The van der Waals surface area contributed by atoms with Crippen LogP contribution in [0.4, 0.5) is 0 Å². The standard InChI is InChI=1S/C19H25N3O.ClH/c1-13-3-5-14(6-4-13)19-11-18(23-21-19)12-22(2)17-9-15-7-8-16(10-17)20-15;/h3-6,11,15-17,20H,7-10,12H2,1-2H3;1H. The molecule has 1 aromatic heterocycles. The number of fused-ring (bicyclic) bond motifs is 2. The van der Waals surface area contributed by atoms with Crippen LogP contribution in [0.3, 0.4) is 0 Å². The van der Waals surface area contributed by atoms with Gasteiger partial charge >= 0.3 is 0 Å². The van der Waals surface area contributed by atoms with Crippen LogP contribution in [0.25, 0.3) is 11.3 Å². The van der Waals surface area contributed by atoms with Crippen molar-refractivity contribution < 1.29 is 4.52 Å². The number of rotatable bonds is 4. The molecule has 3 heterocycles. The first-order valence-electron chi connectivity index (χ1n) is 8.66. The van der Waals surface area contributed by atoms with Crippen LogP contribution in [0, 0.1) is 6.92 Å². The zero-order chi connectivity index (χ0) is 15.8. The van der Waals surface area contributed by atoms with Gasteiger partial charge in [0, 0.05) is 29.8 Å². The molecule has 1 aromatic carbocycles. The highest BCUT2D eigenvalue weighted by Crippen LogP contribution is 2.30. The van der Waals surface area contributed by atoms with Crippen LogP contribution < -0.4 is 5.32 Å². The number of aromatic nitrogens is 1. The Hall–Kier alpha value is -1.36. The van der Waals surface area contributed by atoms with Crippen molar-refractivity contribution in [3.05, 3.63) is 41.7 Å². The van der Waals surface area contributed by atoms with Crippen LogP contribution in [0.2, 0.25) is 0 Å². The van der Waals surface area contributed by atoms with Crippen LogP contribution in [-0.4, -0.2) is 35.2 Å². The Morgan fingerprint density at radius 1 is 1.17 bits per heavy atom. The highest BCUT2D eigenvalue weighted by Gasteiger charge is 2.35. The fraction of sp³-hybridized carbons (Fsp3) is 0.526. The molecule has 2 bridgehead atoms. The average molecular weight is 348 g/mol. The molecule has 2 fully saturated rings. The van der Waals surface area contributed by atoms with E-state index in [-0.39, 0.29) is 12.4 Å². The molecule has 4 rings (SSSR count). The van der Waals surface area contributed by atoms with Gasteiger partial charge in [0.1, 0.15) is 5.69 Å². The van der Waals surface area contributed by atoms with Gasteiger partial charge in [-0.1, -0.05) is 35.0 Å². The minimum atomic E-state index is 0. The highest BCUT2D eigenvalue weighted by molar-refractivity contribution is 5.85. The molecule has 0 amide bonds. The van der Waals surface area contributed by atoms with Crippen molar-refractivity contribution in [1.29, 1.82) is 0 Å². The third-order valence-electron chi connectivity index (χ3n) is 5.38. The van der Waals surface area contributed by atoms with E-state index in [9.17, 15) is 0 Å². The Labute approximate surface area is 150 Å². The zero-order valence-electron chi connectivity index (χ0n) is 14.4. The van der Waals surface area contributed by atoms with E-state index in [0.717, 1.165) is 35.6 Å². The van der Waals surface area contributed by atoms with E-state index in [0.29, 0.717) is 6.04 Å². The predicted molar refractivity (Wildman–Crippen MR) is 98.4 cm³/mol. The predicted octanol–water partition coefficient (Wildman–Crippen LogP) is 3.79. The lowest BCUT2D eigenvalue weighted by Crippen LogP contribution is -2.46. The average Bonchev–Trinajstić information content (AvgIpc) is 3.14. The fourth-order valence-corrected chi connectivity index (χ4v) is 4.01. The molecule has 0 saturated carbocycles. The maximum atomic E-state index is 5.57. The van der Waals surface area contributed by atoms with Gasteiger partial charge in [-0.25, -0.2) is 0 Å². The van der Waals surface area contributed by atoms with Crippen LogP contribution in [0.5, 0.6) is 0 Å². The van der Waals surface area contributed by atoms with E-state index in [1.165, 1.54) is 31.2 Å². The lowest BCUT2D eigenvalue weighted by Gasteiger charge is -2.35. The van der Waals surface area contributed by atoms with Gasteiger partial charge in [-0.15, -0.1) is 12.4 Å². The molecule has 2 saturated heterocycles. The molecule has 4 nitrogen and oxygen atoms in total. The van der Waals surface area contributed by atoms with E-state index in [2.05, 4.69) is 59.7 Å². The Morgan fingerprint density at radius 3 is 2.50 bits per heavy atom. The van der Waals surface area contributed by atoms with E-state index in [1.54, 1.807) is 0 Å². The number of hydrogen-bond donors (Lipinski definition) is 1. The summed E-state index contributed by atoms with van der Waals surface area (Å²) in [6.07, 6.45) is 5.20. The van der Waals surface area contributed by atoms with Crippen molar-refractivity contribution in [2.45, 2.75) is 57.3 Å². The minimum absolute atomic E-state index is 0. The third-order valence-corrected chi connectivity index (χ3v) is 5.38. The SMILES string of the molecule is Cc1ccc(-c2cc(CN(C)C3CC4CCC(C3)N4)on2)cc1.Cl. The molecular formula is C19H26ClN3O. The number of piperidine rings is 1. The van der Waals surface area contributed by atoms with Crippen LogP contribution in [0.1, 0.15) is 37.0 Å². The molecule has 0 spiro atoms. The second kappa shape index (κ2) is 7.26. The van der Waals surface area contributed by atoms with Crippen molar-refractivity contribution in [2.75, 3.05) is 7.05 Å². The van der Waals surface area contributed by atoms with E-state index in [1.807, 2.05) is 0 Å². The fourth-order valence-electron chi connectivity index (χ4n) is 4.01. The molecular weight excluding hydrogens is 322 g/mol. The van der Waals surface area contributed by atoms with Gasteiger partial charge in [-0.05, 0) is 39.7 Å². The molecule has 1 N–H and O–H groups in total. The van der Waals surface area contributed by atoms with Gasteiger partial charge in [0.15, 0.2) is 5.76 Å². The van der Waals surface area contributed by atoms with Crippen molar-refractivity contribution in [3.8, 4) is 11.3 Å². The molecule has 2 atom stereocenters. The number of nitrogens with one attached hydrogen (secondary N) is 1. The summed E-state index contributed by atoms with van der Waals surface area (Å²) < 4.78 is 5.57. The number of aryl methyl sites for hydroxylation is 1. The van der Waals surface area contributed by atoms with Crippen molar-refractivity contribution in [3.63, 3.8) is 0 Å². The Kier molecular flexibility index (Phi) is 5.28. The molecule has 130 valence electrons. The summed E-state index contributed by atoms with van der Waals surface area (Å²) in [6.45, 7) is 2.93. The lowest BCUT2D eigenvalue weighted by molar-refractivity contribution is 0.152. The van der Waals surface area contributed by atoms with Gasteiger partial charge in [0.2, 0.25) is 0 Å². The largest absolute Gasteiger partial charge is 0.359 e. The number of hydrogen-bond acceptors (Lipinski definition) is 4. The Balaban J connectivity index is 0.00000169. The van der Waals surface area contributed by atoms with E-state index in [4.69, 9.17) is 4.52 Å². The third kappa shape index (κ3) is 3.66. The van der Waals surface area contributed by atoms with Crippen molar-refractivity contribution in [2.24, 2.45) is 0 Å². The Bertz CT molecular complexity index is 658. The van der Waals surface area contributed by atoms with Crippen LogP contribution >= 0.6 is 12.4 Å². The monoisotopic (exact) mass is 347 g/mol. The maximum absolute atomic E-state index is 5.57. The summed E-state index contributed by atoms with van der Waals surface area (Å²) in [5.74, 6) is 0.953. The molecule has 5 heteroatoms. The minimum Gasteiger partial charge on any atom is -0.359 e. The first-order chi connectivity index (χ1) is 11.2. The van der Waals surface area contributed by atoms with Crippen LogP contribution in [0.15, 0.2) is 34.9 Å². The van der Waals surface area contributed by atoms with Crippen LogP contribution in [-0.2, 0) is 6.54 Å². The quantitative estimate of drug-likeness (QED) is 0.913. The molecule has 2 aromatic rings. The molecule has 2 unspecified atom stereocenters. The summed E-state index contributed by atoms with van der Waals surface area (Å²) in [6, 6.07) is 12.6. The molecule has 24 heavy (non-hydrogen) atoms. The summed E-state index contributed by atoms with van der Waals surface area (Å²) in [4.78, 5) is 2.44. The van der Waals surface area contributed by atoms with Gasteiger partial charge in [0.25, 0.3) is 0 Å².